The first-order chi connectivity index (χ1) is 8.54. The molecule has 0 bridgehead atoms. The quantitative estimate of drug-likeness (QED) is 0.789. The SMILES string of the molecule is [C-]#[N+]c1ccc(-c2c(C)[nH]c(C)c2C(=O)O)cc1. The average Bonchev–Trinajstić information content (AvgIpc) is 2.64. The maximum absolute atomic E-state index is 11.3. The van der Waals surface area contributed by atoms with Crippen molar-refractivity contribution in [2.45, 2.75) is 13.8 Å². The van der Waals surface area contributed by atoms with Crippen molar-refractivity contribution in [1.82, 2.24) is 4.98 Å². The highest BCUT2D eigenvalue weighted by Gasteiger charge is 2.19. The Morgan fingerprint density at radius 1 is 1.22 bits per heavy atom. The Bertz CT molecular complexity index is 646. The number of carbonyl (C=O) groups is 1. The summed E-state index contributed by atoms with van der Waals surface area (Å²) in [4.78, 5) is 17.6. The van der Waals surface area contributed by atoms with Gasteiger partial charge in [0.1, 0.15) is 0 Å². The van der Waals surface area contributed by atoms with Gasteiger partial charge in [0.05, 0.1) is 12.1 Å². The van der Waals surface area contributed by atoms with Gasteiger partial charge < -0.3 is 10.1 Å². The first-order valence-electron chi connectivity index (χ1n) is 5.45. The van der Waals surface area contributed by atoms with Gasteiger partial charge in [-0.3, -0.25) is 0 Å². The van der Waals surface area contributed by atoms with Crippen LogP contribution in [0.15, 0.2) is 24.3 Å². The van der Waals surface area contributed by atoms with E-state index in [0.717, 1.165) is 11.3 Å². The number of aromatic carboxylic acids is 1. The van der Waals surface area contributed by atoms with E-state index in [-0.39, 0.29) is 0 Å². The minimum Gasteiger partial charge on any atom is -0.478 e. The summed E-state index contributed by atoms with van der Waals surface area (Å²) in [6.45, 7) is 10.5. The molecule has 1 heterocycles. The minimum absolute atomic E-state index is 0.295. The van der Waals surface area contributed by atoms with Gasteiger partial charge >= 0.3 is 5.97 Å². The van der Waals surface area contributed by atoms with Gasteiger partial charge in [-0.1, -0.05) is 24.3 Å². The Labute approximate surface area is 105 Å². The van der Waals surface area contributed by atoms with E-state index in [2.05, 4.69) is 9.83 Å². The van der Waals surface area contributed by atoms with Crippen LogP contribution < -0.4 is 0 Å². The fourth-order valence-electron chi connectivity index (χ4n) is 2.11. The molecule has 2 N–H and O–H groups in total. The van der Waals surface area contributed by atoms with E-state index in [1.54, 1.807) is 31.2 Å². The van der Waals surface area contributed by atoms with E-state index in [4.69, 9.17) is 6.57 Å². The summed E-state index contributed by atoms with van der Waals surface area (Å²) in [5.74, 6) is -0.943. The Morgan fingerprint density at radius 2 is 1.83 bits per heavy atom. The van der Waals surface area contributed by atoms with Crippen LogP contribution in [0.3, 0.4) is 0 Å². The molecule has 0 radical (unpaired) electrons. The van der Waals surface area contributed by atoms with Crippen LogP contribution in [0.25, 0.3) is 16.0 Å². The monoisotopic (exact) mass is 240 g/mol. The molecule has 0 saturated heterocycles. The molecular formula is C14H12N2O2. The number of aryl methyl sites for hydroxylation is 2. The molecular weight excluding hydrogens is 228 g/mol. The lowest BCUT2D eigenvalue weighted by atomic mass is 10.0. The van der Waals surface area contributed by atoms with Gasteiger partial charge in [-0.25, -0.2) is 9.64 Å². The van der Waals surface area contributed by atoms with Crippen LogP contribution in [0.4, 0.5) is 5.69 Å². The molecule has 0 spiro atoms. The molecule has 0 atom stereocenters. The summed E-state index contributed by atoms with van der Waals surface area (Å²) in [7, 11) is 0. The Hall–Kier alpha value is -2.54. The lowest BCUT2D eigenvalue weighted by molar-refractivity contribution is 0.0697. The molecule has 2 aromatic rings. The normalized spacial score (nSPS) is 10.1. The third-order valence-electron chi connectivity index (χ3n) is 2.87. The van der Waals surface area contributed by atoms with E-state index in [9.17, 15) is 9.90 Å². The zero-order valence-electron chi connectivity index (χ0n) is 10.1. The second-order valence-electron chi connectivity index (χ2n) is 4.09. The Morgan fingerprint density at radius 3 is 2.33 bits per heavy atom. The number of carboxylic acids is 1. The molecule has 0 saturated carbocycles. The first-order valence-corrected chi connectivity index (χ1v) is 5.45. The van der Waals surface area contributed by atoms with Gasteiger partial charge in [-0.05, 0) is 19.4 Å². The Balaban J connectivity index is 2.63. The second-order valence-corrected chi connectivity index (χ2v) is 4.09. The number of benzene rings is 1. The van der Waals surface area contributed by atoms with Crippen molar-refractivity contribution < 1.29 is 9.90 Å². The van der Waals surface area contributed by atoms with Gasteiger partial charge in [0, 0.05) is 17.0 Å². The van der Waals surface area contributed by atoms with Crippen molar-refractivity contribution in [3.05, 3.63) is 52.6 Å². The number of hydrogen-bond acceptors (Lipinski definition) is 1. The highest BCUT2D eigenvalue weighted by molar-refractivity contribution is 5.98. The summed E-state index contributed by atoms with van der Waals surface area (Å²) in [5, 5.41) is 9.25. The van der Waals surface area contributed by atoms with E-state index in [1.807, 2.05) is 6.92 Å². The second kappa shape index (κ2) is 4.38. The molecule has 18 heavy (non-hydrogen) atoms. The molecule has 0 amide bonds. The van der Waals surface area contributed by atoms with Gasteiger partial charge in [0.2, 0.25) is 0 Å². The lowest BCUT2D eigenvalue weighted by Gasteiger charge is -2.03. The van der Waals surface area contributed by atoms with Gasteiger partial charge in [0.25, 0.3) is 0 Å². The van der Waals surface area contributed by atoms with Gasteiger partial charge in [0.15, 0.2) is 5.69 Å². The molecule has 1 aromatic heterocycles. The number of aromatic nitrogens is 1. The molecule has 90 valence electrons. The van der Waals surface area contributed by atoms with Crippen molar-refractivity contribution in [3.8, 4) is 11.1 Å². The smallest absolute Gasteiger partial charge is 0.338 e. The van der Waals surface area contributed by atoms with Crippen molar-refractivity contribution in [1.29, 1.82) is 0 Å². The molecule has 2 rings (SSSR count). The van der Waals surface area contributed by atoms with Crippen LogP contribution >= 0.6 is 0 Å². The fraction of sp³-hybridized carbons (Fsp3) is 0.143. The number of hydrogen-bond donors (Lipinski definition) is 2. The molecule has 0 fully saturated rings. The van der Waals surface area contributed by atoms with Gasteiger partial charge in [-0.2, -0.15) is 0 Å². The third-order valence-corrected chi connectivity index (χ3v) is 2.87. The topological polar surface area (TPSA) is 57.5 Å². The van der Waals surface area contributed by atoms with Crippen LogP contribution in [0.5, 0.6) is 0 Å². The van der Waals surface area contributed by atoms with Crippen LogP contribution in [0.2, 0.25) is 0 Å². The summed E-state index contributed by atoms with van der Waals surface area (Å²) in [6, 6.07) is 6.93. The summed E-state index contributed by atoms with van der Waals surface area (Å²) in [5.41, 5.74) is 3.80. The van der Waals surface area contributed by atoms with E-state index in [1.165, 1.54) is 0 Å². The number of rotatable bonds is 2. The van der Waals surface area contributed by atoms with Crippen LogP contribution in [-0.2, 0) is 0 Å². The highest BCUT2D eigenvalue weighted by atomic mass is 16.4. The summed E-state index contributed by atoms with van der Waals surface area (Å²) in [6.07, 6.45) is 0. The Kier molecular flexibility index (Phi) is 2.90. The third kappa shape index (κ3) is 1.87. The molecule has 4 heteroatoms. The molecule has 0 aliphatic rings. The molecule has 0 aliphatic heterocycles. The minimum atomic E-state index is -0.943. The maximum atomic E-state index is 11.3. The van der Waals surface area contributed by atoms with Crippen LogP contribution in [0.1, 0.15) is 21.7 Å². The van der Waals surface area contributed by atoms with E-state index >= 15 is 0 Å². The highest BCUT2D eigenvalue weighted by Crippen LogP contribution is 2.31. The number of carboxylic acid groups (broad SMARTS) is 1. The zero-order chi connectivity index (χ0) is 13.3. The molecule has 1 aromatic carbocycles. The van der Waals surface area contributed by atoms with E-state index < -0.39 is 5.97 Å². The summed E-state index contributed by atoms with van der Waals surface area (Å²) >= 11 is 0. The predicted molar refractivity (Wildman–Crippen MR) is 68.9 cm³/mol. The molecule has 0 aliphatic carbocycles. The van der Waals surface area contributed by atoms with E-state index in [0.29, 0.717) is 22.5 Å². The fourth-order valence-corrected chi connectivity index (χ4v) is 2.11. The largest absolute Gasteiger partial charge is 0.478 e. The van der Waals surface area contributed by atoms with Crippen molar-refractivity contribution in [2.75, 3.05) is 0 Å². The van der Waals surface area contributed by atoms with Crippen molar-refractivity contribution in [2.24, 2.45) is 0 Å². The van der Waals surface area contributed by atoms with Crippen LogP contribution in [0, 0.1) is 20.4 Å². The number of aromatic amines is 1. The predicted octanol–water partition coefficient (Wildman–Crippen LogP) is 3.55. The molecule has 0 unspecified atom stereocenters. The number of H-pyrrole nitrogens is 1. The standard InChI is InChI=1S/C14H12N2O2/c1-8-12(13(14(17)18)9(2)16-8)10-4-6-11(15-3)7-5-10/h4-7,16H,1-2H3,(H,17,18). The maximum Gasteiger partial charge on any atom is 0.338 e. The lowest BCUT2D eigenvalue weighted by Crippen LogP contribution is -1.99. The van der Waals surface area contributed by atoms with Crippen molar-refractivity contribution >= 4 is 11.7 Å². The number of nitrogens with zero attached hydrogens (tertiary/aromatic N) is 1. The zero-order valence-corrected chi connectivity index (χ0v) is 10.1. The van der Waals surface area contributed by atoms with Gasteiger partial charge in [-0.15, -0.1) is 0 Å². The number of nitrogens with one attached hydrogen (secondary N) is 1. The summed E-state index contributed by atoms with van der Waals surface area (Å²) < 4.78 is 0. The van der Waals surface area contributed by atoms with Crippen LogP contribution in [-0.4, -0.2) is 16.1 Å². The van der Waals surface area contributed by atoms with Crippen molar-refractivity contribution in [3.63, 3.8) is 0 Å². The first kappa shape index (κ1) is 11.9. The molecule has 4 nitrogen and oxygen atoms in total. The average molecular weight is 240 g/mol.